The number of hydrogen-bond acceptors (Lipinski definition) is 3. The highest BCUT2D eigenvalue weighted by molar-refractivity contribution is 7.99. The molecule has 0 bridgehead atoms. The maximum atomic E-state index is 11.2. The summed E-state index contributed by atoms with van der Waals surface area (Å²) in [6.07, 6.45) is 1.94. The molecule has 1 amide bonds. The summed E-state index contributed by atoms with van der Waals surface area (Å²) in [6, 6.07) is 0. The Morgan fingerprint density at radius 2 is 2.18 bits per heavy atom. The summed E-state index contributed by atoms with van der Waals surface area (Å²) in [6.45, 7) is 2.92. The van der Waals surface area contributed by atoms with Crippen LogP contribution in [0, 0.1) is 0 Å². The minimum atomic E-state index is 0.237. The van der Waals surface area contributed by atoms with Gasteiger partial charge in [-0.2, -0.15) is 11.8 Å². The summed E-state index contributed by atoms with van der Waals surface area (Å²) in [5, 5.41) is 0. The van der Waals surface area contributed by atoms with Crippen LogP contribution in [0.2, 0.25) is 0 Å². The molecule has 3 nitrogen and oxygen atoms in total. The van der Waals surface area contributed by atoms with E-state index in [1.54, 1.807) is 11.8 Å². The third-order valence-corrected chi connectivity index (χ3v) is 2.17. The molecule has 1 saturated heterocycles. The predicted octanol–water partition coefficient (Wildman–Crippen LogP) is 0.208. The smallest absolute Gasteiger partial charge is 0.232 e. The van der Waals surface area contributed by atoms with Crippen LogP contribution in [0.25, 0.3) is 0 Å². The van der Waals surface area contributed by atoms with Crippen LogP contribution >= 0.6 is 11.8 Å². The van der Waals surface area contributed by atoms with Gasteiger partial charge in [0.1, 0.15) is 0 Å². The van der Waals surface area contributed by atoms with Crippen LogP contribution in [-0.4, -0.2) is 49.1 Å². The lowest BCUT2D eigenvalue weighted by Crippen LogP contribution is -2.41. The molecule has 1 aliphatic heterocycles. The molecule has 11 heavy (non-hydrogen) atoms. The van der Waals surface area contributed by atoms with E-state index < -0.39 is 0 Å². The average Bonchev–Trinajstić information content (AvgIpc) is 2.07. The highest BCUT2D eigenvalue weighted by Gasteiger charge is 2.15. The van der Waals surface area contributed by atoms with Gasteiger partial charge in [0.2, 0.25) is 5.91 Å². The molecule has 0 aromatic rings. The highest BCUT2D eigenvalue weighted by atomic mass is 32.2. The Labute approximate surface area is 71.1 Å². The van der Waals surface area contributed by atoms with Crippen molar-refractivity contribution in [3.8, 4) is 0 Å². The van der Waals surface area contributed by atoms with Crippen molar-refractivity contribution < 1.29 is 9.53 Å². The van der Waals surface area contributed by atoms with Gasteiger partial charge in [-0.3, -0.25) is 4.79 Å². The van der Waals surface area contributed by atoms with Gasteiger partial charge < -0.3 is 9.64 Å². The summed E-state index contributed by atoms with van der Waals surface area (Å²) in [5.41, 5.74) is 0. The molecule has 0 aliphatic carbocycles. The Morgan fingerprint density at radius 3 is 2.73 bits per heavy atom. The van der Waals surface area contributed by atoms with E-state index in [9.17, 15) is 4.79 Å². The van der Waals surface area contributed by atoms with Crippen LogP contribution in [0.5, 0.6) is 0 Å². The predicted molar refractivity (Wildman–Crippen MR) is 45.8 cm³/mol. The van der Waals surface area contributed by atoms with E-state index in [2.05, 4.69) is 0 Å². The Morgan fingerprint density at radius 1 is 1.55 bits per heavy atom. The van der Waals surface area contributed by atoms with Crippen molar-refractivity contribution >= 4 is 17.7 Å². The SMILES string of the molecule is CSCC(=O)N1CCOCC1. The van der Waals surface area contributed by atoms with Crippen LogP contribution in [0.4, 0.5) is 0 Å². The molecule has 1 aliphatic rings. The molecule has 0 atom stereocenters. The van der Waals surface area contributed by atoms with Crippen LogP contribution in [-0.2, 0) is 9.53 Å². The fraction of sp³-hybridized carbons (Fsp3) is 0.857. The second kappa shape index (κ2) is 4.62. The molecule has 1 fully saturated rings. The van der Waals surface area contributed by atoms with Crippen molar-refractivity contribution in [2.24, 2.45) is 0 Å². The Bertz CT molecular complexity index is 134. The van der Waals surface area contributed by atoms with Gasteiger partial charge in [-0.05, 0) is 6.26 Å². The van der Waals surface area contributed by atoms with Gasteiger partial charge in [-0.1, -0.05) is 0 Å². The van der Waals surface area contributed by atoms with Crippen molar-refractivity contribution in [1.29, 1.82) is 0 Å². The fourth-order valence-corrected chi connectivity index (χ4v) is 1.46. The standard InChI is InChI=1S/C7H13NO2S/c1-11-6-7(9)8-2-4-10-5-3-8/h2-6H2,1H3. The summed E-state index contributed by atoms with van der Waals surface area (Å²) < 4.78 is 5.13. The van der Waals surface area contributed by atoms with Crippen molar-refractivity contribution in [2.75, 3.05) is 38.3 Å². The summed E-state index contributed by atoms with van der Waals surface area (Å²) >= 11 is 1.57. The monoisotopic (exact) mass is 175 g/mol. The molecule has 64 valence electrons. The lowest BCUT2D eigenvalue weighted by atomic mass is 10.4. The second-order valence-corrected chi connectivity index (χ2v) is 3.29. The first-order valence-corrected chi connectivity index (χ1v) is 5.08. The zero-order valence-electron chi connectivity index (χ0n) is 6.71. The third-order valence-electron chi connectivity index (χ3n) is 1.63. The third kappa shape index (κ3) is 2.71. The minimum absolute atomic E-state index is 0.237. The van der Waals surface area contributed by atoms with Crippen molar-refractivity contribution in [1.82, 2.24) is 4.90 Å². The number of carbonyl (C=O) groups excluding carboxylic acids is 1. The minimum Gasteiger partial charge on any atom is -0.378 e. The summed E-state index contributed by atoms with van der Waals surface area (Å²) in [5.74, 6) is 0.834. The topological polar surface area (TPSA) is 29.5 Å². The van der Waals surface area contributed by atoms with Crippen molar-refractivity contribution in [2.45, 2.75) is 0 Å². The largest absolute Gasteiger partial charge is 0.378 e. The molecular weight excluding hydrogens is 162 g/mol. The number of nitrogens with zero attached hydrogens (tertiary/aromatic N) is 1. The molecule has 0 unspecified atom stereocenters. The average molecular weight is 175 g/mol. The number of thioether (sulfide) groups is 1. The Hall–Kier alpha value is -0.220. The first-order valence-electron chi connectivity index (χ1n) is 3.69. The number of morpholine rings is 1. The maximum Gasteiger partial charge on any atom is 0.232 e. The number of amides is 1. The van der Waals surface area contributed by atoms with E-state index in [0.717, 1.165) is 13.1 Å². The van der Waals surface area contributed by atoms with E-state index in [0.29, 0.717) is 19.0 Å². The first kappa shape index (κ1) is 8.87. The zero-order chi connectivity index (χ0) is 8.10. The first-order chi connectivity index (χ1) is 5.34. The van der Waals surface area contributed by atoms with Gasteiger partial charge in [0, 0.05) is 13.1 Å². The Balaban J connectivity index is 2.27. The number of ether oxygens (including phenoxy) is 1. The number of carbonyl (C=O) groups is 1. The molecule has 0 saturated carbocycles. The number of rotatable bonds is 2. The van der Waals surface area contributed by atoms with Crippen LogP contribution in [0.15, 0.2) is 0 Å². The molecule has 0 N–H and O–H groups in total. The van der Waals surface area contributed by atoms with E-state index in [1.165, 1.54) is 0 Å². The number of hydrogen-bond donors (Lipinski definition) is 0. The molecule has 1 rings (SSSR count). The van der Waals surface area contributed by atoms with Crippen LogP contribution < -0.4 is 0 Å². The molecular formula is C7H13NO2S. The normalized spacial score (nSPS) is 18.5. The lowest BCUT2D eigenvalue weighted by molar-refractivity contribution is -0.132. The van der Waals surface area contributed by atoms with Gasteiger partial charge in [0.25, 0.3) is 0 Å². The maximum absolute atomic E-state index is 11.2. The van der Waals surface area contributed by atoms with Gasteiger partial charge in [-0.25, -0.2) is 0 Å². The van der Waals surface area contributed by atoms with E-state index in [4.69, 9.17) is 4.74 Å². The lowest BCUT2D eigenvalue weighted by Gasteiger charge is -2.26. The van der Waals surface area contributed by atoms with Crippen molar-refractivity contribution in [3.63, 3.8) is 0 Å². The van der Waals surface area contributed by atoms with Crippen molar-refractivity contribution in [3.05, 3.63) is 0 Å². The van der Waals surface area contributed by atoms with Gasteiger partial charge in [0.15, 0.2) is 0 Å². The molecule has 0 aromatic heterocycles. The molecule has 1 heterocycles. The summed E-state index contributed by atoms with van der Waals surface area (Å²) in [4.78, 5) is 13.1. The highest BCUT2D eigenvalue weighted by Crippen LogP contribution is 2.01. The second-order valence-electron chi connectivity index (χ2n) is 2.43. The van der Waals surface area contributed by atoms with E-state index in [-0.39, 0.29) is 5.91 Å². The molecule has 0 radical (unpaired) electrons. The van der Waals surface area contributed by atoms with Gasteiger partial charge >= 0.3 is 0 Å². The molecule has 0 spiro atoms. The van der Waals surface area contributed by atoms with Crippen LogP contribution in [0.3, 0.4) is 0 Å². The zero-order valence-corrected chi connectivity index (χ0v) is 7.52. The fourth-order valence-electron chi connectivity index (χ4n) is 1.03. The van der Waals surface area contributed by atoms with Gasteiger partial charge in [-0.15, -0.1) is 0 Å². The van der Waals surface area contributed by atoms with Gasteiger partial charge in [0.05, 0.1) is 19.0 Å². The summed E-state index contributed by atoms with van der Waals surface area (Å²) in [7, 11) is 0. The quantitative estimate of drug-likeness (QED) is 0.601. The van der Waals surface area contributed by atoms with E-state index in [1.807, 2.05) is 11.2 Å². The molecule has 0 aromatic carbocycles. The van der Waals surface area contributed by atoms with Crippen LogP contribution in [0.1, 0.15) is 0 Å². The molecule has 4 heteroatoms. The Kier molecular flexibility index (Phi) is 3.72. The van der Waals surface area contributed by atoms with E-state index >= 15 is 0 Å².